The molecule has 5 rings (SSSR count). The highest BCUT2D eigenvalue weighted by Crippen LogP contribution is 2.44. The van der Waals surface area contributed by atoms with Crippen molar-refractivity contribution in [3.8, 4) is 0 Å². The van der Waals surface area contributed by atoms with Crippen molar-refractivity contribution in [2.45, 2.75) is 25.4 Å². The normalized spacial score (nSPS) is 19.2. The van der Waals surface area contributed by atoms with Crippen LogP contribution in [0.25, 0.3) is 5.57 Å². The molecule has 1 N–H and O–H groups in total. The average molecular weight is 587 g/mol. The number of pyridine rings is 1. The lowest BCUT2D eigenvalue weighted by atomic mass is 10.0. The van der Waals surface area contributed by atoms with E-state index in [0.29, 0.717) is 40.3 Å². The van der Waals surface area contributed by atoms with Gasteiger partial charge in [-0.05, 0) is 30.7 Å². The summed E-state index contributed by atoms with van der Waals surface area (Å²) in [5.74, 6) is 0.514. The highest BCUT2D eigenvalue weighted by molar-refractivity contribution is 6.31. The van der Waals surface area contributed by atoms with Crippen molar-refractivity contribution in [3.05, 3.63) is 85.6 Å². The van der Waals surface area contributed by atoms with E-state index in [1.807, 2.05) is 23.6 Å². The molecule has 11 nitrogen and oxygen atoms in total. The number of halogens is 2. The molecule has 0 saturated heterocycles. The molecule has 1 amide bonds. The Hall–Kier alpha value is -3.64. The number of allylic oxidation sites excluding steroid dienone is 1. The Morgan fingerprint density at radius 3 is 2.48 bits per heavy atom. The molecule has 0 bridgehead atoms. The van der Waals surface area contributed by atoms with E-state index in [2.05, 4.69) is 10.3 Å². The minimum Gasteiger partial charge on any atom is -0.482 e. The van der Waals surface area contributed by atoms with Crippen molar-refractivity contribution < 1.29 is 19.0 Å². The molecule has 4 heterocycles. The minimum absolute atomic E-state index is 0.00408. The smallest absolute Gasteiger partial charge is 0.279 e. The number of aliphatic imine (C=N–C) groups is 1. The third-order valence-electron chi connectivity index (χ3n) is 6.83. The molecule has 0 saturated carbocycles. The predicted molar refractivity (Wildman–Crippen MR) is 152 cm³/mol. The molecule has 0 radical (unpaired) electrons. The number of hydrogen-bond acceptors (Lipinski definition) is 8. The highest BCUT2D eigenvalue weighted by Gasteiger charge is 2.46. The molecule has 3 atom stereocenters. The van der Waals surface area contributed by atoms with Crippen molar-refractivity contribution in [1.29, 1.82) is 0 Å². The molecule has 1 aromatic carbocycles. The molecule has 2 aromatic heterocycles. The summed E-state index contributed by atoms with van der Waals surface area (Å²) in [7, 11) is 6.25. The number of hydrogen-bond donors (Lipinski definition) is 1. The van der Waals surface area contributed by atoms with Crippen LogP contribution in [0, 0.1) is 0 Å². The van der Waals surface area contributed by atoms with Gasteiger partial charge in [0.05, 0.1) is 36.7 Å². The monoisotopic (exact) mass is 586 g/mol. The van der Waals surface area contributed by atoms with Crippen LogP contribution in [0.1, 0.15) is 46.6 Å². The fraction of sp³-hybridized carbons (Fsp3) is 0.333. The number of benzene rings is 1. The van der Waals surface area contributed by atoms with E-state index < -0.39 is 12.4 Å². The fourth-order valence-corrected chi connectivity index (χ4v) is 5.42. The van der Waals surface area contributed by atoms with Gasteiger partial charge < -0.3 is 28.7 Å². The molecule has 13 heteroatoms. The number of imidazole rings is 1. The first-order valence-corrected chi connectivity index (χ1v) is 13.1. The number of carbonyl (C=O) groups is 1. The van der Waals surface area contributed by atoms with Crippen LogP contribution in [-0.2, 0) is 21.3 Å². The summed E-state index contributed by atoms with van der Waals surface area (Å²) in [5.41, 5.74) is 2.30. The van der Waals surface area contributed by atoms with Gasteiger partial charge in [-0.1, -0.05) is 35.3 Å². The number of carbonyl (C=O) groups excluding carboxylic acids is 1. The zero-order valence-corrected chi connectivity index (χ0v) is 24.0. The summed E-state index contributed by atoms with van der Waals surface area (Å²) in [4.78, 5) is 37.4. The molecule has 2 aliphatic heterocycles. The van der Waals surface area contributed by atoms with Crippen molar-refractivity contribution >= 4 is 46.6 Å². The van der Waals surface area contributed by atoms with Gasteiger partial charge in [0.15, 0.2) is 5.69 Å². The van der Waals surface area contributed by atoms with Crippen LogP contribution < -0.4 is 15.8 Å². The van der Waals surface area contributed by atoms with E-state index >= 15 is 0 Å². The lowest BCUT2D eigenvalue weighted by molar-refractivity contribution is 0.0704. The number of anilines is 1. The minimum atomic E-state index is -0.626. The van der Waals surface area contributed by atoms with Gasteiger partial charge in [-0.15, -0.1) is 0 Å². The second kappa shape index (κ2) is 11.1. The van der Waals surface area contributed by atoms with Gasteiger partial charge in [0.25, 0.3) is 11.5 Å². The Bertz CT molecular complexity index is 1550. The molecule has 3 aromatic rings. The number of aromatic nitrogens is 3. The van der Waals surface area contributed by atoms with E-state index in [-0.39, 0.29) is 28.2 Å². The van der Waals surface area contributed by atoms with Crippen molar-refractivity contribution in [2.24, 2.45) is 12.0 Å². The maximum atomic E-state index is 14.2. The Morgan fingerprint density at radius 2 is 1.85 bits per heavy atom. The number of rotatable bonds is 8. The third-order valence-corrected chi connectivity index (χ3v) is 7.35. The number of nitrogens with one attached hydrogen (secondary N) is 1. The van der Waals surface area contributed by atoms with Crippen LogP contribution in [0.5, 0.6) is 0 Å². The summed E-state index contributed by atoms with van der Waals surface area (Å²) in [6.07, 6.45) is 2.57. The molecule has 40 heavy (non-hydrogen) atoms. The van der Waals surface area contributed by atoms with Crippen LogP contribution >= 0.6 is 23.2 Å². The van der Waals surface area contributed by atoms with Gasteiger partial charge in [0, 0.05) is 38.7 Å². The molecular formula is C27H28Cl2N6O5. The summed E-state index contributed by atoms with van der Waals surface area (Å²) >= 11 is 12.5. The predicted octanol–water partition coefficient (Wildman–Crippen LogP) is 3.76. The summed E-state index contributed by atoms with van der Waals surface area (Å²) in [6, 6.07) is 7.86. The van der Waals surface area contributed by atoms with Gasteiger partial charge in [-0.2, -0.15) is 0 Å². The third kappa shape index (κ3) is 4.68. The van der Waals surface area contributed by atoms with Gasteiger partial charge in [-0.25, -0.2) is 9.98 Å². The molecule has 0 spiro atoms. The number of aryl methyl sites for hydroxylation is 1. The zero-order valence-electron chi connectivity index (χ0n) is 22.5. The fourth-order valence-electron chi connectivity index (χ4n) is 5.05. The van der Waals surface area contributed by atoms with E-state index in [1.54, 1.807) is 43.6 Å². The maximum absolute atomic E-state index is 14.2. The van der Waals surface area contributed by atoms with Crippen molar-refractivity contribution in [2.75, 3.05) is 32.8 Å². The van der Waals surface area contributed by atoms with E-state index in [1.165, 1.54) is 24.9 Å². The number of nitrogens with zero attached hydrogens (tertiary/aromatic N) is 5. The highest BCUT2D eigenvalue weighted by atomic mass is 35.5. The maximum Gasteiger partial charge on any atom is 0.279 e. The van der Waals surface area contributed by atoms with E-state index in [4.69, 9.17) is 42.4 Å². The van der Waals surface area contributed by atoms with Crippen LogP contribution in [0.15, 0.2) is 52.2 Å². The van der Waals surface area contributed by atoms with E-state index in [0.717, 1.165) is 5.56 Å². The Kier molecular flexibility index (Phi) is 7.74. The topological polar surface area (TPSA) is 112 Å². The van der Waals surface area contributed by atoms with Gasteiger partial charge >= 0.3 is 0 Å². The quantitative estimate of drug-likeness (QED) is 0.427. The zero-order chi connectivity index (χ0) is 28.7. The number of amides is 1. The number of methoxy groups -OCH3 is 3. The first-order chi connectivity index (χ1) is 19.2. The van der Waals surface area contributed by atoms with Crippen LogP contribution in [0.4, 0.5) is 5.69 Å². The van der Waals surface area contributed by atoms with E-state index in [9.17, 15) is 9.59 Å². The van der Waals surface area contributed by atoms with Gasteiger partial charge in [0.1, 0.15) is 16.9 Å². The first-order valence-electron chi connectivity index (χ1n) is 12.4. The van der Waals surface area contributed by atoms with Crippen molar-refractivity contribution in [3.63, 3.8) is 0 Å². The molecule has 0 aliphatic carbocycles. The SMILES string of the molecule is COCC(C)n1c(C2=C(OC)NC(OC)N=C2)nc2c1C(c1ccc(Cl)cc1)N(c1cc(Cl)c(=O)n(C)c1)C2=O. The molecule has 0 fully saturated rings. The summed E-state index contributed by atoms with van der Waals surface area (Å²) < 4.78 is 19.8. The second-order valence-corrected chi connectivity index (χ2v) is 10.2. The number of fused-ring (bicyclic) bond motifs is 1. The van der Waals surface area contributed by atoms with Crippen LogP contribution in [-0.4, -0.2) is 60.5 Å². The summed E-state index contributed by atoms with van der Waals surface area (Å²) in [5, 5.41) is 3.62. The average Bonchev–Trinajstić information content (AvgIpc) is 3.46. The lowest BCUT2D eigenvalue weighted by Gasteiger charge is -2.30. The van der Waals surface area contributed by atoms with Crippen molar-refractivity contribution in [1.82, 2.24) is 19.4 Å². The van der Waals surface area contributed by atoms with Gasteiger partial charge in [0.2, 0.25) is 12.2 Å². The van der Waals surface area contributed by atoms with Gasteiger partial charge in [-0.3, -0.25) is 14.5 Å². The number of ether oxygens (including phenoxy) is 3. The standard InChI is InChI=1S/C27H28Cl2N6O5/c1-14(13-38-3)34-22-20(31-23(34)18-11-30-27(40-5)32-24(18)39-4)26(37)35(17-10-19(29)25(36)33(2)12-17)21(22)15-6-8-16(28)9-7-15/h6-12,14,21,27,32H,13H2,1-5H3. The first kappa shape index (κ1) is 27.9. The summed E-state index contributed by atoms with van der Waals surface area (Å²) in [6.45, 7) is 2.31. The lowest BCUT2D eigenvalue weighted by Crippen LogP contribution is -2.35. The molecule has 2 aliphatic rings. The Morgan fingerprint density at radius 1 is 1.12 bits per heavy atom. The van der Waals surface area contributed by atoms with Crippen LogP contribution in [0.3, 0.4) is 0 Å². The molecular weight excluding hydrogens is 559 g/mol. The molecule has 210 valence electrons. The second-order valence-electron chi connectivity index (χ2n) is 9.39. The van der Waals surface area contributed by atoms with Crippen LogP contribution in [0.2, 0.25) is 10.0 Å². The Balaban J connectivity index is 1.78. The Labute approximate surface area is 240 Å². The molecule has 3 unspecified atom stereocenters. The largest absolute Gasteiger partial charge is 0.482 e.